The fraction of sp³-hybridized carbons (Fsp3) is 0.778. The van der Waals surface area contributed by atoms with Gasteiger partial charge in [-0.2, -0.15) is 0 Å². The molecule has 5 nitrogen and oxygen atoms in total. The standard InChI is InChI=1S/C63H112O5/c1-4-7-10-13-16-19-22-25-28-30-32-33-36-38-41-44-47-50-53-56-62(64)67-60-61(68-63(65)57-54-51-48-45-42-39-35-27-24-21-18-15-12-9-6-3)59-66-58-55-52-49-46-43-40-37-34-31-29-26-23-20-17-14-11-8-5-2/h7,10,16,18-19,21,25,27-28,32-33,35,61H,4-6,8-9,11-15,17,20,22-24,26,29-31,34,36-60H2,1-3H3/b10-7-,19-16-,21-18-,28-25-,33-32-,35-27-. The summed E-state index contributed by atoms with van der Waals surface area (Å²) in [6, 6.07) is 0. The Labute approximate surface area is 423 Å². The van der Waals surface area contributed by atoms with Gasteiger partial charge in [-0.15, -0.1) is 0 Å². The summed E-state index contributed by atoms with van der Waals surface area (Å²) in [5, 5.41) is 0. The first-order valence-electron chi connectivity index (χ1n) is 29.5. The lowest BCUT2D eigenvalue weighted by Gasteiger charge is -2.18. The van der Waals surface area contributed by atoms with Crippen LogP contribution >= 0.6 is 0 Å². The summed E-state index contributed by atoms with van der Waals surface area (Å²) < 4.78 is 17.5. The van der Waals surface area contributed by atoms with Crippen LogP contribution in [0, 0.1) is 0 Å². The Morgan fingerprint density at radius 3 is 1.09 bits per heavy atom. The maximum absolute atomic E-state index is 12.9. The molecule has 394 valence electrons. The number of allylic oxidation sites excluding steroid dienone is 12. The van der Waals surface area contributed by atoms with Crippen LogP contribution in [0.4, 0.5) is 0 Å². The molecular formula is C63H112O5. The molecule has 0 aromatic rings. The second kappa shape index (κ2) is 58.7. The van der Waals surface area contributed by atoms with Crippen LogP contribution in [-0.4, -0.2) is 37.9 Å². The summed E-state index contributed by atoms with van der Waals surface area (Å²) in [4.78, 5) is 25.5. The van der Waals surface area contributed by atoms with E-state index in [1.807, 2.05) is 0 Å². The van der Waals surface area contributed by atoms with Gasteiger partial charge < -0.3 is 14.2 Å². The van der Waals surface area contributed by atoms with Gasteiger partial charge in [0.1, 0.15) is 6.61 Å². The zero-order valence-electron chi connectivity index (χ0n) is 45.4. The number of ether oxygens (including phenoxy) is 3. The van der Waals surface area contributed by atoms with E-state index in [9.17, 15) is 9.59 Å². The fourth-order valence-corrected chi connectivity index (χ4v) is 8.36. The van der Waals surface area contributed by atoms with Crippen molar-refractivity contribution in [1.29, 1.82) is 0 Å². The third kappa shape index (κ3) is 55.9. The van der Waals surface area contributed by atoms with Gasteiger partial charge in [0.25, 0.3) is 0 Å². The average Bonchev–Trinajstić information content (AvgIpc) is 3.34. The highest BCUT2D eigenvalue weighted by Crippen LogP contribution is 2.16. The molecule has 0 aromatic heterocycles. The van der Waals surface area contributed by atoms with Crippen LogP contribution in [0.3, 0.4) is 0 Å². The van der Waals surface area contributed by atoms with E-state index in [0.29, 0.717) is 19.4 Å². The monoisotopic (exact) mass is 949 g/mol. The Morgan fingerprint density at radius 2 is 0.662 bits per heavy atom. The minimum atomic E-state index is -0.551. The third-order valence-electron chi connectivity index (χ3n) is 12.7. The van der Waals surface area contributed by atoms with Crippen LogP contribution in [-0.2, 0) is 23.8 Å². The van der Waals surface area contributed by atoms with E-state index in [4.69, 9.17) is 14.2 Å². The van der Waals surface area contributed by atoms with Crippen LogP contribution in [0.15, 0.2) is 72.9 Å². The molecule has 0 amide bonds. The molecule has 0 spiro atoms. The second-order valence-corrected chi connectivity index (χ2v) is 19.5. The highest BCUT2D eigenvalue weighted by Gasteiger charge is 2.17. The summed E-state index contributed by atoms with van der Waals surface area (Å²) in [6.07, 6.45) is 76.4. The highest BCUT2D eigenvalue weighted by atomic mass is 16.6. The van der Waals surface area contributed by atoms with E-state index in [1.54, 1.807) is 0 Å². The molecule has 0 saturated heterocycles. The minimum absolute atomic E-state index is 0.0726. The smallest absolute Gasteiger partial charge is 0.306 e. The molecule has 0 radical (unpaired) electrons. The molecular weight excluding hydrogens is 837 g/mol. The lowest BCUT2D eigenvalue weighted by Crippen LogP contribution is -2.30. The van der Waals surface area contributed by atoms with Gasteiger partial charge in [0.15, 0.2) is 6.10 Å². The average molecular weight is 950 g/mol. The maximum atomic E-state index is 12.9. The van der Waals surface area contributed by atoms with E-state index in [2.05, 4.69) is 93.7 Å². The predicted molar refractivity (Wildman–Crippen MR) is 297 cm³/mol. The van der Waals surface area contributed by atoms with E-state index < -0.39 is 6.10 Å². The van der Waals surface area contributed by atoms with Gasteiger partial charge >= 0.3 is 11.9 Å². The van der Waals surface area contributed by atoms with Crippen molar-refractivity contribution in [3.8, 4) is 0 Å². The van der Waals surface area contributed by atoms with E-state index in [1.165, 1.54) is 161 Å². The number of carbonyl (C=O) groups is 2. The third-order valence-corrected chi connectivity index (χ3v) is 12.7. The lowest BCUT2D eigenvalue weighted by molar-refractivity contribution is -0.163. The van der Waals surface area contributed by atoms with Crippen LogP contribution in [0.1, 0.15) is 290 Å². The molecule has 0 bridgehead atoms. The molecule has 0 N–H and O–H groups in total. The SMILES string of the molecule is CC/C=C\C/C=C\C/C=C\C/C=C\CCCCCCCCC(=O)OCC(COCCCCCCCCCCCCCCCCCCCC)OC(=O)CCCCCCC/C=C\C/C=C\CCCCC. The zero-order chi connectivity index (χ0) is 49.2. The topological polar surface area (TPSA) is 61.8 Å². The molecule has 1 atom stereocenters. The summed E-state index contributed by atoms with van der Waals surface area (Å²) in [6.45, 7) is 7.70. The molecule has 1 unspecified atom stereocenters. The van der Waals surface area contributed by atoms with Crippen LogP contribution in [0.2, 0.25) is 0 Å². The van der Waals surface area contributed by atoms with Gasteiger partial charge in [0.05, 0.1) is 6.61 Å². The molecule has 0 fully saturated rings. The molecule has 0 aliphatic rings. The number of carbonyl (C=O) groups excluding carboxylic acids is 2. The quantitative estimate of drug-likeness (QED) is 0.0345. The Balaban J connectivity index is 4.29. The Kier molecular flexibility index (Phi) is 56.4. The molecule has 68 heavy (non-hydrogen) atoms. The van der Waals surface area contributed by atoms with Crippen molar-refractivity contribution in [2.45, 2.75) is 297 Å². The second-order valence-electron chi connectivity index (χ2n) is 19.5. The highest BCUT2D eigenvalue weighted by molar-refractivity contribution is 5.70. The van der Waals surface area contributed by atoms with Gasteiger partial charge in [-0.3, -0.25) is 9.59 Å². The van der Waals surface area contributed by atoms with Crippen molar-refractivity contribution in [1.82, 2.24) is 0 Å². The zero-order valence-corrected chi connectivity index (χ0v) is 45.4. The van der Waals surface area contributed by atoms with E-state index in [0.717, 1.165) is 96.3 Å². The van der Waals surface area contributed by atoms with Gasteiger partial charge in [-0.1, -0.05) is 261 Å². The molecule has 0 aromatic carbocycles. The minimum Gasteiger partial charge on any atom is -0.462 e. The number of unbranched alkanes of at least 4 members (excludes halogenated alkanes) is 31. The summed E-state index contributed by atoms with van der Waals surface area (Å²) in [7, 11) is 0. The van der Waals surface area contributed by atoms with Gasteiger partial charge in [-0.05, 0) is 89.9 Å². The molecule has 0 rings (SSSR count). The number of rotatable bonds is 54. The Hall–Kier alpha value is -2.66. The molecule has 0 aliphatic carbocycles. The molecule has 5 heteroatoms. The summed E-state index contributed by atoms with van der Waals surface area (Å²) in [5.41, 5.74) is 0. The molecule has 0 heterocycles. The van der Waals surface area contributed by atoms with Gasteiger partial charge in [-0.25, -0.2) is 0 Å². The van der Waals surface area contributed by atoms with Crippen molar-refractivity contribution in [3.05, 3.63) is 72.9 Å². The lowest BCUT2D eigenvalue weighted by atomic mass is 10.0. The molecule has 0 aliphatic heterocycles. The summed E-state index contributed by atoms with van der Waals surface area (Å²) in [5.74, 6) is -0.418. The van der Waals surface area contributed by atoms with Crippen molar-refractivity contribution in [3.63, 3.8) is 0 Å². The van der Waals surface area contributed by atoms with Gasteiger partial charge in [0.2, 0.25) is 0 Å². The first-order chi connectivity index (χ1) is 33.6. The summed E-state index contributed by atoms with van der Waals surface area (Å²) >= 11 is 0. The fourth-order valence-electron chi connectivity index (χ4n) is 8.36. The molecule has 0 saturated carbocycles. The Bertz CT molecular complexity index is 1210. The van der Waals surface area contributed by atoms with Crippen molar-refractivity contribution in [2.24, 2.45) is 0 Å². The van der Waals surface area contributed by atoms with E-state index in [-0.39, 0.29) is 25.2 Å². The first kappa shape index (κ1) is 65.3. The normalized spacial score (nSPS) is 12.7. The Morgan fingerprint density at radius 1 is 0.338 bits per heavy atom. The maximum Gasteiger partial charge on any atom is 0.306 e. The van der Waals surface area contributed by atoms with Gasteiger partial charge in [0, 0.05) is 19.4 Å². The van der Waals surface area contributed by atoms with Crippen molar-refractivity contribution < 1.29 is 23.8 Å². The predicted octanol–water partition coefficient (Wildman–Crippen LogP) is 20.2. The van der Waals surface area contributed by atoms with Crippen molar-refractivity contribution >= 4 is 11.9 Å². The van der Waals surface area contributed by atoms with Crippen molar-refractivity contribution in [2.75, 3.05) is 19.8 Å². The number of hydrogen-bond donors (Lipinski definition) is 0. The largest absolute Gasteiger partial charge is 0.462 e. The number of hydrogen-bond acceptors (Lipinski definition) is 5. The number of esters is 2. The van der Waals surface area contributed by atoms with Crippen LogP contribution in [0.25, 0.3) is 0 Å². The van der Waals surface area contributed by atoms with Crippen LogP contribution < -0.4 is 0 Å². The van der Waals surface area contributed by atoms with E-state index >= 15 is 0 Å². The first-order valence-corrected chi connectivity index (χ1v) is 29.5. The van der Waals surface area contributed by atoms with Crippen LogP contribution in [0.5, 0.6) is 0 Å².